The molecule has 1 saturated heterocycles. The van der Waals surface area contributed by atoms with Crippen LogP contribution in [0.4, 0.5) is 5.82 Å². The van der Waals surface area contributed by atoms with Crippen LogP contribution in [0.15, 0.2) is 17.2 Å². The van der Waals surface area contributed by atoms with E-state index >= 15 is 0 Å². The summed E-state index contributed by atoms with van der Waals surface area (Å²) in [6.45, 7) is 0.897. The first-order valence-corrected chi connectivity index (χ1v) is 7.74. The van der Waals surface area contributed by atoms with Gasteiger partial charge in [-0.25, -0.2) is 4.98 Å². The minimum absolute atomic E-state index is 0.0574. The van der Waals surface area contributed by atoms with Crippen LogP contribution in [-0.4, -0.2) is 28.0 Å². The molecule has 2 aliphatic rings. The maximum Gasteiger partial charge on any atom is 0.293 e. The molecule has 3 rings (SSSR count). The molecule has 1 atom stereocenters. The van der Waals surface area contributed by atoms with E-state index in [4.69, 9.17) is 11.6 Å². The molecule has 19 heavy (non-hydrogen) atoms. The molecule has 1 unspecified atom stereocenters. The summed E-state index contributed by atoms with van der Waals surface area (Å²) in [6, 6.07) is 0.648. The summed E-state index contributed by atoms with van der Waals surface area (Å²) in [7, 11) is 0. The van der Waals surface area contributed by atoms with Gasteiger partial charge >= 0.3 is 0 Å². The Bertz CT molecular complexity index is 498. The molecule has 0 bridgehead atoms. The molecule has 1 aliphatic heterocycles. The second-order valence-corrected chi connectivity index (χ2v) is 5.85. The maximum atomic E-state index is 12.5. The number of alkyl halides is 1. The zero-order chi connectivity index (χ0) is 13.2. The molecule has 4 nitrogen and oxygen atoms in total. The summed E-state index contributed by atoms with van der Waals surface area (Å²) < 4.78 is 1.85. The van der Waals surface area contributed by atoms with Gasteiger partial charge in [-0.05, 0) is 25.7 Å². The van der Waals surface area contributed by atoms with E-state index in [1.165, 1.54) is 12.8 Å². The van der Waals surface area contributed by atoms with Crippen molar-refractivity contribution in [2.75, 3.05) is 17.3 Å². The normalized spacial score (nSPS) is 24.3. The monoisotopic (exact) mass is 281 g/mol. The Morgan fingerprint density at radius 2 is 2.11 bits per heavy atom. The number of nitrogens with zero attached hydrogens (tertiary/aromatic N) is 3. The zero-order valence-electron chi connectivity index (χ0n) is 11.1. The van der Waals surface area contributed by atoms with Crippen molar-refractivity contribution in [2.45, 2.75) is 50.6 Å². The minimum Gasteiger partial charge on any atom is -0.348 e. The highest BCUT2D eigenvalue weighted by Gasteiger charge is 2.28. The second-order valence-electron chi connectivity index (χ2n) is 5.55. The summed E-state index contributed by atoms with van der Waals surface area (Å²) >= 11 is 6.09. The van der Waals surface area contributed by atoms with Crippen molar-refractivity contribution in [3.63, 3.8) is 0 Å². The molecular formula is C14H20ClN3O. The third-order valence-corrected chi connectivity index (χ3v) is 4.47. The largest absolute Gasteiger partial charge is 0.348 e. The topological polar surface area (TPSA) is 38.1 Å². The Morgan fingerprint density at radius 1 is 1.26 bits per heavy atom. The zero-order valence-corrected chi connectivity index (χ0v) is 11.9. The van der Waals surface area contributed by atoms with E-state index in [1.807, 2.05) is 10.8 Å². The van der Waals surface area contributed by atoms with Crippen molar-refractivity contribution >= 4 is 17.4 Å². The minimum atomic E-state index is 0.0574. The van der Waals surface area contributed by atoms with Gasteiger partial charge in [-0.15, -0.1) is 11.6 Å². The third-order valence-electron chi connectivity index (χ3n) is 4.12. The second kappa shape index (κ2) is 5.53. The molecule has 1 aromatic rings. The third kappa shape index (κ3) is 2.64. The first kappa shape index (κ1) is 13.0. The van der Waals surface area contributed by atoms with Gasteiger partial charge in [0.2, 0.25) is 0 Å². The molecule has 2 heterocycles. The Kier molecular flexibility index (Phi) is 3.78. The Morgan fingerprint density at radius 3 is 2.84 bits per heavy atom. The SMILES string of the molecule is O=c1c(N2CCCCCC2CCl)nccn1C1CC1. The predicted octanol–water partition coefficient (Wildman–Crippen LogP) is 2.57. The fourth-order valence-corrected chi connectivity index (χ4v) is 3.19. The summed E-state index contributed by atoms with van der Waals surface area (Å²) in [4.78, 5) is 19.0. The molecule has 0 N–H and O–H groups in total. The lowest BCUT2D eigenvalue weighted by molar-refractivity contribution is 0.604. The van der Waals surface area contributed by atoms with Crippen LogP contribution in [0.3, 0.4) is 0 Å². The van der Waals surface area contributed by atoms with Crippen molar-refractivity contribution in [3.05, 3.63) is 22.7 Å². The van der Waals surface area contributed by atoms with Crippen LogP contribution in [-0.2, 0) is 0 Å². The average molecular weight is 282 g/mol. The molecule has 0 radical (unpaired) electrons. The Labute approximate surface area is 118 Å². The van der Waals surface area contributed by atoms with Crippen LogP contribution < -0.4 is 10.5 Å². The predicted molar refractivity (Wildman–Crippen MR) is 77.1 cm³/mol. The first-order valence-electron chi connectivity index (χ1n) is 7.21. The highest BCUT2D eigenvalue weighted by molar-refractivity contribution is 6.18. The van der Waals surface area contributed by atoms with E-state index in [2.05, 4.69) is 9.88 Å². The lowest BCUT2D eigenvalue weighted by Gasteiger charge is -2.29. The number of anilines is 1. The molecule has 0 spiro atoms. The van der Waals surface area contributed by atoms with Crippen LogP contribution in [0.2, 0.25) is 0 Å². The van der Waals surface area contributed by atoms with Crippen molar-refractivity contribution in [1.82, 2.24) is 9.55 Å². The summed E-state index contributed by atoms with van der Waals surface area (Å²) in [6.07, 6.45) is 10.4. The number of hydrogen-bond donors (Lipinski definition) is 0. The van der Waals surface area contributed by atoms with Gasteiger partial charge in [0, 0.05) is 36.9 Å². The summed E-state index contributed by atoms with van der Waals surface area (Å²) in [5.41, 5.74) is 0.0574. The molecule has 5 heteroatoms. The summed E-state index contributed by atoms with van der Waals surface area (Å²) in [5, 5.41) is 0. The maximum absolute atomic E-state index is 12.5. The summed E-state index contributed by atoms with van der Waals surface area (Å²) in [5.74, 6) is 1.17. The van der Waals surface area contributed by atoms with Gasteiger partial charge < -0.3 is 9.47 Å². The van der Waals surface area contributed by atoms with Crippen molar-refractivity contribution in [1.29, 1.82) is 0 Å². The molecular weight excluding hydrogens is 262 g/mol. The van der Waals surface area contributed by atoms with E-state index in [1.54, 1.807) is 6.20 Å². The lowest BCUT2D eigenvalue weighted by atomic mass is 10.1. The molecule has 2 fully saturated rings. The Balaban J connectivity index is 1.94. The van der Waals surface area contributed by atoms with Crippen LogP contribution in [0, 0.1) is 0 Å². The van der Waals surface area contributed by atoms with Gasteiger partial charge in [0.25, 0.3) is 5.56 Å². The standard InChI is InChI=1S/C14H20ClN3O/c15-10-12-4-2-1-3-8-17(12)13-14(19)18(9-7-16-13)11-5-6-11/h7,9,11-12H,1-6,8,10H2. The lowest BCUT2D eigenvalue weighted by Crippen LogP contribution is -2.41. The number of halogens is 1. The van der Waals surface area contributed by atoms with E-state index < -0.39 is 0 Å². The fraction of sp³-hybridized carbons (Fsp3) is 0.714. The molecule has 0 aromatic carbocycles. The van der Waals surface area contributed by atoms with Gasteiger partial charge in [0.05, 0.1) is 0 Å². The van der Waals surface area contributed by atoms with Crippen LogP contribution in [0.1, 0.15) is 44.6 Å². The van der Waals surface area contributed by atoms with Crippen molar-refractivity contribution in [3.8, 4) is 0 Å². The number of rotatable bonds is 3. The molecule has 104 valence electrons. The van der Waals surface area contributed by atoms with E-state index in [0.717, 1.165) is 32.2 Å². The van der Waals surface area contributed by atoms with Crippen LogP contribution in [0.25, 0.3) is 0 Å². The van der Waals surface area contributed by atoms with Gasteiger partial charge in [-0.2, -0.15) is 0 Å². The number of aromatic nitrogens is 2. The van der Waals surface area contributed by atoms with E-state index in [0.29, 0.717) is 17.7 Å². The van der Waals surface area contributed by atoms with Crippen LogP contribution >= 0.6 is 11.6 Å². The molecule has 1 saturated carbocycles. The van der Waals surface area contributed by atoms with Gasteiger partial charge in [0.15, 0.2) is 5.82 Å². The van der Waals surface area contributed by atoms with E-state index in [9.17, 15) is 4.79 Å². The van der Waals surface area contributed by atoms with Crippen molar-refractivity contribution < 1.29 is 0 Å². The quantitative estimate of drug-likeness (QED) is 0.799. The first-order chi connectivity index (χ1) is 9.31. The molecule has 1 aliphatic carbocycles. The Hall–Kier alpha value is -1.03. The fourth-order valence-electron chi connectivity index (χ4n) is 2.87. The average Bonchev–Trinajstić information content (AvgIpc) is 3.25. The number of hydrogen-bond acceptors (Lipinski definition) is 3. The molecule has 1 aromatic heterocycles. The van der Waals surface area contributed by atoms with E-state index in [-0.39, 0.29) is 11.6 Å². The molecule has 0 amide bonds. The van der Waals surface area contributed by atoms with Crippen LogP contribution in [0.5, 0.6) is 0 Å². The smallest absolute Gasteiger partial charge is 0.293 e. The van der Waals surface area contributed by atoms with Gasteiger partial charge in [-0.1, -0.05) is 12.8 Å². The van der Waals surface area contributed by atoms with Crippen molar-refractivity contribution in [2.24, 2.45) is 0 Å². The van der Waals surface area contributed by atoms with Gasteiger partial charge in [-0.3, -0.25) is 4.79 Å². The highest BCUT2D eigenvalue weighted by Crippen LogP contribution is 2.33. The highest BCUT2D eigenvalue weighted by atomic mass is 35.5. The van der Waals surface area contributed by atoms with Gasteiger partial charge in [0.1, 0.15) is 0 Å².